The van der Waals surface area contributed by atoms with Crippen LogP contribution in [-0.4, -0.2) is 25.7 Å². The van der Waals surface area contributed by atoms with Crippen molar-refractivity contribution < 1.29 is 17.5 Å². The summed E-state index contributed by atoms with van der Waals surface area (Å²) in [6, 6.07) is 0. The van der Waals surface area contributed by atoms with Crippen molar-refractivity contribution in [1.29, 1.82) is 0 Å². The van der Waals surface area contributed by atoms with Gasteiger partial charge in [-0.1, -0.05) is 5.16 Å². The number of hydrogen-bond donors (Lipinski definition) is 0. The number of nitrogens with zero attached hydrogens (tertiary/aromatic N) is 1. The van der Waals surface area contributed by atoms with Gasteiger partial charge in [-0.15, -0.1) is 0 Å². The quantitative estimate of drug-likeness (QED) is 0.530. The lowest BCUT2D eigenvalue weighted by Crippen LogP contribution is -2.08. The van der Waals surface area contributed by atoms with E-state index >= 15 is 0 Å². The van der Waals surface area contributed by atoms with Gasteiger partial charge in [-0.25, -0.2) is 0 Å². The molecule has 15 heavy (non-hydrogen) atoms. The monoisotopic (exact) mass is 229 g/mol. The summed E-state index contributed by atoms with van der Waals surface area (Å²) in [5.41, 5.74) is 0.804. The maximum Gasteiger partial charge on any atom is 0.328 e. The number of carbonyl (C=O) groups is 1. The second kappa shape index (κ2) is 4.39. The minimum atomic E-state index is -3.59. The van der Waals surface area contributed by atoms with Crippen LogP contribution in [0.25, 0.3) is 0 Å². The van der Waals surface area contributed by atoms with E-state index in [-0.39, 0.29) is 11.5 Å². The van der Waals surface area contributed by atoms with Crippen LogP contribution >= 0.6 is 0 Å². The summed E-state index contributed by atoms with van der Waals surface area (Å²) >= 11 is 0. The SMILES string of the molecule is CCS(=O)(=O)O/N=C1/C=CC(=O)C(C)=C1. The van der Waals surface area contributed by atoms with Crippen LogP contribution in [0.1, 0.15) is 13.8 Å². The maximum absolute atomic E-state index is 11.0. The molecule has 1 rings (SSSR count). The van der Waals surface area contributed by atoms with Crippen molar-refractivity contribution in [3.8, 4) is 0 Å². The fraction of sp³-hybridized carbons (Fsp3) is 0.333. The number of allylic oxidation sites excluding steroid dienone is 4. The van der Waals surface area contributed by atoms with E-state index in [2.05, 4.69) is 9.44 Å². The van der Waals surface area contributed by atoms with E-state index in [1.165, 1.54) is 25.2 Å². The zero-order valence-corrected chi connectivity index (χ0v) is 9.24. The third-order valence-corrected chi connectivity index (χ3v) is 2.78. The predicted octanol–water partition coefficient (Wildman–Crippen LogP) is 0.794. The van der Waals surface area contributed by atoms with E-state index < -0.39 is 10.1 Å². The van der Waals surface area contributed by atoms with Crippen LogP contribution in [0.5, 0.6) is 0 Å². The molecule has 0 unspecified atom stereocenters. The first-order valence-corrected chi connectivity index (χ1v) is 5.92. The Labute approximate surface area is 88.2 Å². The van der Waals surface area contributed by atoms with Gasteiger partial charge in [0.25, 0.3) is 0 Å². The largest absolute Gasteiger partial charge is 0.328 e. The third kappa shape index (κ3) is 3.32. The van der Waals surface area contributed by atoms with E-state index in [1.807, 2.05) is 0 Å². The lowest BCUT2D eigenvalue weighted by Gasteiger charge is -2.03. The van der Waals surface area contributed by atoms with Gasteiger partial charge in [0, 0.05) is 0 Å². The molecule has 0 heterocycles. The van der Waals surface area contributed by atoms with Crippen molar-refractivity contribution in [1.82, 2.24) is 0 Å². The summed E-state index contributed by atoms with van der Waals surface area (Å²) in [4.78, 5) is 11.0. The predicted molar refractivity (Wildman–Crippen MR) is 55.9 cm³/mol. The van der Waals surface area contributed by atoms with Crippen LogP contribution in [0.4, 0.5) is 0 Å². The van der Waals surface area contributed by atoms with E-state index in [4.69, 9.17) is 0 Å². The molecule has 82 valence electrons. The second-order valence-corrected chi connectivity index (χ2v) is 4.80. The number of oxime groups is 1. The van der Waals surface area contributed by atoms with Gasteiger partial charge in [-0.2, -0.15) is 8.42 Å². The van der Waals surface area contributed by atoms with Crippen LogP contribution in [0.3, 0.4) is 0 Å². The average Bonchev–Trinajstić information content (AvgIpc) is 2.20. The van der Waals surface area contributed by atoms with Gasteiger partial charge in [0.2, 0.25) is 0 Å². The summed E-state index contributed by atoms with van der Waals surface area (Å²) in [5, 5.41) is 3.42. The molecule has 0 saturated heterocycles. The van der Waals surface area contributed by atoms with Gasteiger partial charge in [0.1, 0.15) is 5.71 Å². The molecule has 0 fully saturated rings. The second-order valence-electron chi connectivity index (χ2n) is 2.96. The summed E-state index contributed by atoms with van der Waals surface area (Å²) in [7, 11) is -3.59. The molecule has 0 aliphatic heterocycles. The standard InChI is InChI=1S/C9H11NO4S/c1-3-15(12,13)14-10-8-4-5-9(11)7(2)6-8/h4-6H,3H2,1-2H3/b10-8-. The summed E-state index contributed by atoms with van der Waals surface area (Å²) < 4.78 is 26.2. The minimum Gasteiger partial charge on any atom is -0.290 e. The van der Waals surface area contributed by atoms with Gasteiger partial charge in [0.15, 0.2) is 5.78 Å². The lowest BCUT2D eigenvalue weighted by molar-refractivity contribution is -0.111. The molecule has 0 radical (unpaired) electrons. The highest BCUT2D eigenvalue weighted by Gasteiger charge is 2.10. The number of carbonyl (C=O) groups excluding carboxylic acids is 1. The number of rotatable bonds is 3. The Bertz CT molecular complexity index is 457. The summed E-state index contributed by atoms with van der Waals surface area (Å²) in [6.07, 6.45) is 4.18. The molecular weight excluding hydrogens is 218 g/mol. The third-order valence-electron chi connectivity index (χ3n) is 1.77. The Kier molecular flexibility index (Phi) is 3.41. The fourth-order valence-corrected chi connectivity index (χ4v) is 1.15. The van der Waals surface area contributed by atoms with Crippen LogP contribution < -0.4 is 0 Å². The maximum atomic E-state index is 11.0. The van der Waals surface area contributed by atoms with Crippen LogP contribution in [0, 0.1) is 0 Å². The van der Waals surface area contributed by atoms with Crippen LogP contribution in [0.15, 0.2) is 29.0 Å². The molecule has 0 saturated carbocycles. The van der Waals surface area contributed by atoms with Crippen molar-refractivity contribution in [2.45, 2.75) is 13.8 Å². The van der Waals surface area contributed by atoms with Gasteiger partial charge in [0.05, 0.1) is 5.75 Å². The Hall–Kier alpha value is -1.43. The van der Waals surface area contributed by atoms with Crippen LogP contribution in [0.2, 0.25) is 0 Å². The average molecular weight is 229 g/mol. The first-order chi connectivity index (χ1) is 6.94. The highest BCUT2D eigenvalue weighted by molar-refractivity contribution is 7.86. The topological polar surface area (TPSA) is 72.8 Å². The Morgan fingerprint density at radius 3 is 2.60 bits per heavy atom. The molecule has 0 amide bonds. The molecule has 0 N–H and O–H groups in total. The van der Waals surface area contributed by atoms with Crippen molar-refractivity contribution in [2.75, 3.05) is 5.75 Å². The molecule has 0 aromatic heterocycles. The van der Waals surface area contributed by atoms with Crippen molar-refractivity contribution in [3.63, 3.8) is 0 Å². The zero-order chi connectivity index (χ0) is 11.5. The Morgan fingerprint density at radius 2 is 2.07 bits per heavy atom. The highest BCUT2D eigenvalue weighted by Crippen LogP contribution is 2.06. The molecule has 6 heteroatoms. The molecular formula is C9H11NO4S. The van der Waals surface area contributed by atoms with Crippen molar-refractivity contribution >= 4 is 21.6 Å². The highest BCUT2D eigenvalue weighted by atomic mass is 32.2. The van der Waals surface area contributed by atoms with E-state index in [0.29, 0.717) is 11.3 Å². The molecule has 0 bridgehead atoms. The molecule has 0 aromatic rings. The summed E-state index contributed by atoms with van der Waals surface area (Å²) in [5.74, 6) is -0.262. The molecule has 1 aliphatic rings. The van der Waals surface area contributed by atoms with E-state index in [1.54, 1.807) is 6.92 Å². The Morgan fingerprint density at radius 1 is 1.40 bits per heavy atom. The minimum absolute atomic E-state index is 0.118. The first-order valence-electron chi connectivity index (χ1n) is 4.34. The normalized spacial score (nSPS) is 19.2. The smallest absolute Gasteiger partial charge is 0.290 e. The molecule has 0 aromatic carbocycles. The van der Waals surface area contributed by atoms with E-state index in [9.17, 15) is 13.2 Å². The number of hydrogen-bond acceptors (Lipinski definition) is 5. The van der Waals surface area contributed by atoms with Gasteiger partial charge in [-0.3, -0.25) is 9.08 Å². The van der Waals surface area contributed by atoms with E-state index in [0.717, 1.165) is 0 Å². The molecule has 5 nitrogen and oxygen atoms in total. The summed E-state index contributed by atoms with van der Waals surface area (Å²) in [6.45, 7) is 3.08. The molecule has 0 atom stereocenters. The van der Waals surface area contributed by atoms with Crippen molar-refractivity contribution in [3.05, 3.63) is 23.8 Å². The Balaban J connectivity index is 2.80. The van der Waals surface area contributed by atoms with Gasteiger partial charge >= 0.3 is 10.1 Å². The first kappa shape index (κ1) is 11.6. The molecule has 1 aliphatic carbocycles. The zero-order valence-electron chi connectivity index (χ0n) is 8.43. The van der Waals surface area contributed by atoms with Crippen LogP contribution in [-0.2, 0) is 19.2 Å². The van der Waals surface area contributed by atoms with Gasteiger partial charge < -0.3 is 0 Å². The van der Waals surface area contributed by atoms with Crippen molar-refractivity contribution in [2.24, 2.45) is 5.16 Å². The van der Waals surface area contributed by atoms with Gasteiger partial charge in [-0.05, 0) is 37.6 Å². The number of ketones is 1. The lowest BCUT2D eigenvalue weighted by atomic mass is 10.1. The fourth-order valence-electron chi connectivity index (χ4n) is 0.843. The molecule has 0 spiro atoms.